The second-order valence-electron chi connectivity index (χ2n) is 6.73. The average molecular weight is 292 g/mol. The van der Waals surface area contributed by atoms with E-state index in [2.05, 4.69) is 49.9 Å². The minimum atomic E-state index is -0.0646. The third kappa shape index (κ3) is 4.30. The summed E-state index contributed by atoms with van der Waals surface area (Å²) >= 11 is 0. The molecule has 1 saturated heterocycles. The lowest BCUT2D eigenvalue weighted by Gasteiger charge is -2.25. The number of anilines is 2. The number of hydrogen-bond donors (Lipinski definition) is 1. The summed E-state index contributed by atoms with van der Waals surface area (Å²) in [5.74, 6) is 2.73. The van der Waals surface area contributed by atoms with Gasteiger partial charge in [-0.15, -0.1) is 0 Å². The van der Waals surface area contributed by atoms with Crippen molar-refractivity contribution < 1.29 is 4.74 Å². The van der Waals surface area contributed by atoms with E-state index in [9.17, 15) is 0 Å². The van der Waals surface area contributed by atoms with E-state index in [0.29, 0.717) is 6.10 Å². The van der Waals surface area contributed by atoms with Gasteiger partial charge in [-0.1, -0.05) is 20.8 Å². The number of likely N-dealkylation sites (N-methyl/N-ethyl adjacent to an activating group) is 1. The summed E-state index contributed by atoms with van der Waals surface area (Å²) in [5, 5.41) is 3.30. The van der Waals surface area contributed by atoms with E-state index in [-0.39, 0.29) is 5.41 Å². The van der Waals surface area contributed by atoms with Crippen LogP contribution in [0, 0.1) is 0 Å². The molecule has 21 heavy (non-hydrogen) atoms. The van der Waals surface area contributed by atoms with E-state index in [1.165, 1.54) is 0 Å². The molecule has 1 aliphatic rings. The second-order valence-corrected chi connectivity index (χ2v) is 6.73. The standard InChI is InChI=1S/C16H28N4O/c1-6-17-13-10-14(19-15(18-13)16(2,3)4)20(5)11-12-8-7-9-21-12/h10,12H,6-9,11H2,1-5H3,(H,17,18,19). The van der Waals surface area contributed by atoms with E-state index in [0.717, 1.165) is 50.0 Å². The first-order chi connectivity index (χ1) is 9.90. The SMILES string of the molecule is CCNc1cc(N(C)CC2CCCO2)nc(C(C)(C)C)n1. The van der Waals surface area contributed by atoms with Crippen LogP contribution in [0.15, 0.2) is 6.07 Å². The fourth-order valence-corrected chi connectivity index (χ4v) is 2.42. The van der Waals surface area contributed by atoms with Crippen LogP contribution in [0.1, 0.15) is 46.4 Å². The van der Waals surface area contributed by atoms with Gasteiger partial charge in [0.15, 0.2) is 0 Å². The maximum atomic E-state index is 5.72. The predicted molar refractivity (Wildman–Crippen MR) is 87.1 cm³/mol. The van der Waals surface area contributed by atoms with Gasteiger partial charge in [0.2, 0.25) is 0 Å². The molecular weight excluding hydrogens is 264 g/mol. The minimum absolute atomic E-state index is 0.0646. The zero-order valence-corrected chi connectivity index (χ0v) is 13.9. The fraction of sp³-hybridized carbons (Fsp3) is 0.750. The van der Waals surface area contributed by atoms with Crippen LogP contribution in [-0.2, 0) is 10.2 Å². The summed E-state index contributed by atoms with van der Waals surface area (Å²) in [4.78, 5) is 11.6. The van der Waals surface area contributed by atoms with Gasteiger partial charge in [0.1, 0.15) is 17.5 Å². The van der Waals surface area contributed by atoms with Crippen molar-refractivity contribution in [3.63, 3.8) is 0 Å². The molecule has 2 rings (SSSR count). The Bertz CT molecular complexity index is 464. The molecule has 5 heteroatoms. The van der Waals surface area contributed by atoms with E-state index in [1.807, 2.05) is 6.07 Å². The summed E-state index contributed by atoms with van der Waals surface area (Å²) in [7, 11) is 2.08. The zero-order chi connectivity index (χ0) is 15.5. The Kier molecular flexibility index (Phi) is 5.04. The van der Waals surface area contributed by atoms with Crippen molar-refractivity contribution in [2.45, 2.75) is 52.1 Å². The molecule has 1 aliphatic heterocycles. The van der Waals surface area contributed by atoms with Gasteiger partial charge < -0.3 is 15.0 Å². The molecule has 2 heterocycles. The van der Waals surface area contributed by atoms with Crippen molar-refractivity contribution in [1.29, 1.82) is 0 Å². The normalized spacial score (nSPS) is 18.8. The molecule has 1 aromatic heterocycles. The Morgan fingerprint density at radius 2 is 2.14 bits per heavy atom. The van der Waals surface area contributed by atoms with Crippen molar-refractivity contribution in [3.05, 3.63) is 11.9 Å². The number of nitrogens with zero attached hydrogens (tertiary/aromatic N) is 3. The molecule has 0 spiro atoms. The lowest BCUT2D eigenvalue weighted by molar-refractivity contribution is 0.116. The van der Waals surface area contributed by atoms with Crippen LogP contribution in [0.5, 0.6) is 0 Å². The summed E-state index contributed by atoms with van der Waals surface area (Å²) < 4.78 is 5.72. The number of nitrogens with one attached hydrogen (secondary N) is 1. The summed E-state index contributed by atoms with van der Waals surface area (Å²) in [6.45, 7) is 11.1. The molecule has 1 fully saturated rings. The van der Waals surface area contributed by atoms with Gasteiger partial charge >= 0.3 is 0 Å². The third-order valence-corrected chi connectivity index (χ3v) is 3.63. The Labute approximate surface area is 128 Å². The quantitative estimate of drug-likeness (QED) is 0.904. The Balaban J connectivity index is 2.21. The smallest absolute Gasteiger partial charge is 0.138 e. The van der Waals surface area contributed by atoms with Crippen molar-refractivity contribution in [1.82, 2.24) is 9.97 Å². The van der Waals surface area contributed by atoms with E-state index in [4.69, 9.17) is 9.72 Å². The molecule has 0 saturated carbocycles. The molecule has 5 nitrogen and oxygen atoms in total. The van der Waals surface area contributed by atoms with Gasteiger partial charge in [-0.3, -0.25) is 0 Å². The molecule has 0 aliphatic carbocycles. The zero-order valence-electron chi connectivity index (χ0n) is 13.9. The number of rotatable bonds is 5. The lowest BCUT2D eigenvalue weighted by atomic mass is 9.96. The first-order valence-electron chi connectivity index (χ1n) is 7.86. The van der Waals surface area contributed by atoms with Crippen molar-refractivity contribution in [3.8, 4) is 0 Å². The molecule has 1 N–H and O–H groups in total. The molecule has 1 unspecified atom stereocenters. The summed E-state index contributed by atoms with van der Waals surface area (Å²) in [6, 6.07) is 2.02. The molecule has 0 aromatic carbocycles. The monoisotopic (exact) mass is 292 g/mol. The topological polar surface area (TPSA) is 50.3 Å². The van der Waals surface area contributed by atoms with Gasteiger partial charge in [0.25, 0.3) is 0 Å². The molecule has 1 aromatic rings. The van der Waals surface area contributed by atoms with Crippen molar-refractivity contribution >= 4 is 11.6 Å². The van der Waals surface area contributed by atoms with Gasteiger partial charge in [0, 0.05) is 38.2 Å². The molecule has 1 atom stereocenters. The van der Waals surface area contributed by atoms with E-state index < -0.39 is 0 Å². The molecule has 0 amide bonds. The first-order valence-corrected chi connectivity index (χ1v) is 7.86. The van der Waals surface area contributed by atoms with Gasteiger partial charge in [-0.2, -0.15) is 0 Å². The molecule has 0 bridgehead atoms. The van der Waals surface area contributed by atoms with Crippen LogP contribution >= 0.6 is 0 Å². The van der Waals surface area contributed by atoms with Crippen LogP contribution in [0.4, 0.5) is 11.6 Å². The fourth-order valence-electron chi connectivity index (χ4n) is 2.42. The lowest BCUT2D eigenvalue weighted by Crippen LogP contribution is -2.30. The second kappa shape index (κ2) is 6.60. The highest BCUT2D eigenvalue weighted by atomic mass is 16.5. The van der Waals surface area contributed by atoms with Gasteiger partial charge in [0.05, 0.1) is 6.10 Å². The highest BCUT2D eigenvalue weighted by Crippen LogP contribution is 2.24. The summed E-state index contributed by atoms with van der Waals surface area (Å²) in [5.41, 5.74) is -0.0646. The number of ether oxygens (including phenoxy) is 1. The Morgan fingerprint density at radius 3 is 2.71 bits per heavy atom. The van der Waals surface area contributed by atoms with Crippen LogP contribution in [0.2, 0.25) is 0 Å². The largest absolute Gasteiger partial charge is 0.376 e. The molecule has 118 valence electrons. The highest BCUT2D eigenvalue weighted by Gasteiger charge is 2.22. The predicted octanol–water partition coefficient (Wildman–Crippen LogP) is 2.82. The Morgan fingerprint density at radius 1 is 1.38 bits per heavy atom. The maximum Gasteiger partial charge on any atom is 0.138 e. The summed E-state index contributed by atoms with van der Waals surface area (Å²) in [6.07, 6.45) is 2.63. The van der Waals surface area contributed by atoms with Crippen molar-refractivity contribution in [2.75, 3.05) is 37.0 Å². The van der Waals surface area contributed by atoms with Crippen molar-refractivity contribution in [2.24, 2.45) is 0 Å². The van der Waals surface area contributed by atoms with Gasteiger partial charge in [-0.25, -0.2) is 9.97 Å². The highest BCUT2D eigenvalue weighted by molar-refractivity contribution is 5.49. The van der Waals surface area contributed by atoms with Gasteiger partial charge in [-0.05, 0) is 19.8 Å². The minimum Gasteiger partial charge on any atom is -0.376 e. The van der Waals surface area contributed by atoms with Crippen LogP contribution in [0.25, 0.3) is 0 Å². The molecular formula is C16H28N4O. The van der Waals surface area contributed by atoms with E-state index >= 15 is 0 Å². The number of hydrogen-bond acceptors (Lipinski definition) is 5. The van der Waals surface area contributed by atoms with Crippen LogP contribution < -0.4 is 10.2 Å². The first kappa shape index (κ1) is 16.0. The average Bonchev–Trinajstić information content (AvgIpc) is 2.90. The number of aromatic nitrogens is 2. The van der Waals surface area contributed by atoms with Crippen LogP contribution in [-0.4, -0.2) is 42.8 Å². The van der Waals surface area contributed by atoms with E-state index in [1.54, 1.807) is 0 Å². The maximum absolute atomic E-state index is 5.72. The third-order valence-electron chi connectivity index (χ3n) is 3.63. The Hall–Kier alpha value is -1.36. The van der Waals surface area contributed by atoms with Crippen LogP contribution in [0.3, 0.4) is 0 Å². The molecule has 0 radical (unpaired) electrons.